The van der Waals surface area contributed by atoms with Crippen LogP contribution in [0.3, 0.4) is 0 Å². The van der Waals surface area contributed by atoms with E-state index in [2.05, 4.69) is 0 Å². The summed E-state index contributed by atoms with van der Waals surface area (Å²) in [5.74, 6) is -0.941. The zero-order chi connectivity index (χ0) is 10.6. The first-order chi connectivity index (χ1) is 6.65. The molecule has 0 radical (unpaired) electrons. The number of nitrogens with zero attached hydrogens (tertiary/aromatic N) is 1. The van der Waals surface area contributed by atoms with E-state index in [0.717, 1.165) is 11.1 Å². The van der Waals surface area contributed by atoms with E-state index in [9.17, 15) is 4.79 Å². The molecule has 0 saturated heterocycles. The molecule has 1 aromatic rings. The van der Waals surface area contributed by atoms with Gasteiger partial charge in [0.05, 0.1) is 11.6 Å². The second kappa shape index (κ2) is 4.24. The van der Waals surface area contributed by atoms with Crippen LogP contribution in [0.15, 0.2) is 24.3 Å². The van der Waals surface area contributed by atoms with Crippen molar-refractivity contribution in [1.82, 2.24) is 0 Å². The number of carboxylic acid groups (broad SMARTS) is 1. The third-order valence-electron chi connectivity index (χ3n) is 1.85. The summed E-state index contributed by atoms with van der Waals surface area (Å²) in [7, 11) is 0. The average Bonchev–Trinajstić information content (AvgIpc) is 2.15. The van der Waals surface area contributed by atoms with Gasteiger partial charge in [0.2, 0.25) is 0 Å². The predicted octanol–water partition coefficient (Wildman–Crippen LogP) is 2.23. The van der Waals surface area contributed by atoms with Crippen LogP contribution in [0.5, 0.6) is 0 Å². The summed E-state index contributed by atoms with van der Waals surface area (Å²) in [6.45, 7) is 1.81. The molecular weight excluding hydrogens is 178 g/mol. The summed E-state index contributed by atoms with van der Waals surface area (Å²) in [6, 6.07) is 6.67. The van der Waals surface area contributed by atoms with Gasteiger partial charge in [-0.05, 0) is 36.3 Å². The number of carbonyl (C=O) groups is 1. The van der Waals surface area contributed by atoms with Gasteiger partial charge in [-0.1, -0.05) is 6.07 Å². The summed E-state index contributed by atoms with van der Waals surface area (Å²) < 4.78 is 0. The van der Waals surface area contributed by atoms with E-state index >= 15 is 0 Å². The zero-order valence-electron chi connectivity index (χ0n) is 7.69. The van der Waals surface area contributed by atoms with E-state index in [-0.39, 0.29) is 5.56 Å². The van der Waals surface area contributed by atoms with Crippen molar-refractivity contribution in [2.75, 3.05) is 0 Å². The summed E-state index contributed by atoms with van der Waals surface area (Å²) in [5, 5.41) is 17.0. The van der Waals surface area contributed by atoms with Crippen LogP contribution in [0.2, 0.25) is 0 Å². The number of allylic oxidation sites excluding steroid dienone is 1. The number of aromatic carboxylic acids is 1. The van der Waals surface area contributed by atoms with Crippen LogP contribution >= 0.6 is 0 Å². The molecule has 3 nitrogen and oxygen atoms in total. The number of aryl methyl sites for hydroxylation is 1. The lowest BCUT2D eigenvalue weighted by Crippen LogP contribution is -1.96. The molecule has 0 aliphatic heterocycles. The smallest absolute Gasteiger partial charge is 0.335 e. The first-order valence-corrected chi connectivity index (χ1v) is 4.05. The maximum absolute atomic E-state index is 10.6. The molecule has 0 heterocycles. The standard InChI is InChI=1S/C11H9NO2/c1-8-7-10(11(13)14)5-4-9(8)3-2-6-12/h2-5,7H,1H3,(H,13,14). The van der Waals surface area contributed by atoms with Crippen molar-refractivity contribution in [2.24, 2.45) is 0 Å². The van der Waals surface area contributed by atoms with Gasteiger partial charge in [-0.15, -0.1) is 0 Å². The molecule has 14 heavy (non-hydrogen) atoms. The van der Waals surface area contributed by atoms with Gasteiger partial charge in [0.1, 0.15) is 0 Å². The van der Waals surface area contributed by atoms with E-state index in [1.807, 2.05) is 13.0 Å². The fraction of sp³-hybridized carbons (Fsp3) is 0.0909. The molecule has 0 aromatic heterocycles. The normalized spacial score (nSPS) is 10.0. The van der Waals surface area contributed by atoms with Gasteiger partial charge in [0, 0.05) is 6.08 Å². The second-order valence-electron chi connectivity index (χ2n) is 2.84. The maximum atomic E-state index is 10.6. The van der Waals surface area contributed by atoms with Crippen molar-refractivity contribution in [3.05, 3.63) is 41.0 Å². The molecule has 0 spiro atoms. The molecule has 1 N–H and O–H groups in total. The van der Waals surface area contributed by atoms with E-state index < -0.39 is 5.97 Å². The molecule has 0 fully saturated rings. The predicted molar refractivity (Wildman–Crippen MR) is 52.8 cm³/mol. The molecule has 0 amide bonds. The van der Waals surface area contributed by atoms with Gasteiger partial charge >= 0.3 is 5.97 Å². The largest absolute Gasteiger partial charge is 0.478 e. The van der Waals surface area contributed by atoms with Crippen molar-refractivity contribution >= 4 is 12.0 Å². The lowest BCUT2D eigenvalue weighted by Gasteiger charge is -2.00. The van der Waals surface area contributed by atoms with Gasteiger partial charge in [-0.25, -0.2) is 4.79 Å². The number of nitriles is 1. The monoisotopic (exact) mass is 187 g/mol. The van der Waals surface area contributed by atoms with Gasteiger partial charge in [-0.2, -0.15) is 5.26 Å². The zero-order valence-corrected chi connectivity index (χ0v) is 7.69. The highest BCUT2D eigenvalue weighted by atomic mass is 16.4. The quantitative estimate of drug-likeness (QED) is 0.722. The molecule has 0 aliphatic carbocycles. The van der Waals surface area contributed by atoms with Crippen LogP contribution in [0.25, 0.3) is 6.08 Å². The molecular formula is C11H9NO2. The third-order valence-corrected chi connectivity index (χ3v) is 1.85. The Hall–Kier alpha value is -2.08. The minimum absolute atomic E-state index is 0.261. The number of carboxylic acids is 1. The van der Waals surface area contributed by atoms with Crippen molar-refractivity contribution in [3.63, 3.8) is 0 Å². The van der Waals surface area contributed by atoms with E-state index in [1.54, 1.807) is 18.2 Å². The Morgan fingerprint density at radius 2 is 2.29 bits per heavy atom. The number of hydrogen-bond acceptors (Lipinski definition) is 2. The van der Waals surface area contributed by atoms with Crippen molar-refractivity contribution in [3.8, 4) is 6.07 Å². The molecule has 1 aromatic carbocycles. The first-order valence-electron chi connectivity index (χ1n) is 4.05. The maximum Gasteiger partial charge on any atom is 0.335 e. The third kappa shape index (κ3) is 2.20. The van der Waals surface area contributed by atoms with E-state index in [0.29, 0.717) is 0 Å². The Morgan fingerprint density at radius 3 is 2.79 bits per heavy atom. The highest BCUT2D eigenvalue weighted by Gasteiger charge is 2.03. The van der Waals surface area contributed by atoms with Crippen LogP contribution in [-0.4, -0.2) is 11.1 Å². The minimum atomic E-state index is -0.941. The van der Waals surface area contributed by atoms with Gasteiger partial charge in [0.25, 0.3) is 0 Å². The summed E-state index contributed by atoms with van der Waals surface area (Å²) in [5.41, 5.74) is 1.96. The van der Waals surface area contributed by atoms with Gasteiger partial charge < -0.3 is 5.11 Å². The highest BCUT2D eigenvalue weighted by Crippen LogP contribution is 2.12. The summed E-state index contributed by atoms with van der Waals surface area (Å²) in [4.78, 5) is 10.6. The summed E-state index contributed by atoms with van der Waals surface area (Å²) in [6.07, 6.45) is 3.02. The minimum Gasteiger partial charge on any atom is -0.478 e. The number of benzene rings is 1. The molecule has 0 saturated carbocycles. The molecule has 0 unspecified atom stereocenters. The Labute approximate surface area is 81.9 Å². The second-order valence-corrected chi connectivity index (χ2v) is 2.84. The highest BCUT2D eigenvalue weighted by molar-refractivity contribution is 5.88. The van der Waals surface area contributed by atoms with Crippen LogP contribution < -0.4 is 0 Å². The van der Waals surface area contributed by atoms with Crippen LogP contribution in [0.1, 0.15) is 21.5 Å². The lowest BCUT2D eigenvalue weighted by atomic mass is 10.0. The van der Waals surface area contributed by atoms with Gasteiger partial charge in [0.15, 0.2) is 0 Å². The molecule has 0 aliphatic rings. The van der Waals surface area contributed by atoms with E-state index in [1.165, 1.54) is 12.1 Å². The van der Waals surface area contributed by atoms with Crippen molar-refractivity contribution in [1.29, 1.82) is 5.26 Å². The van der Waals surface area contributed by atoms with Crippen LogP contribution in [0.4, 0.5) is 0 Å². The SMILES string of the molecule is Cc1cc(C(=O)O)ccc1C=CC#N. The average molecular weight is 187 g/mol. The molecule has 0 bridgehead atoms. The Bertz CT molecular complexity index is 427. The number of rotatable bonds is 2. The Balaban J connectivity index is 3.09. The molecule has 70 valence electrons. The van der Waals surface area contributed by atoms with Crippen LogP contribution in [-0.2, 0) is 0 Å². The summed E-state index contributed by atoms with van der Waals surface area (Å²) >= 11 is 0. The fourth-order valence-electron chi connectivity index (χ4n) is 1.12. The first kappa shape index (κ1) is 10.0. The van der Waals surface area contributed by atoms with Crippen molar-refractivity contribution < 1.29 is 9.90 Å². The van der Waals surface area contributed by atoms with Crippen LogP contribution in [0, 0.1) is 18.3 Å². The Kier molecular flexibility index (Phi) is 3.03. The Morgan fingerprint density at radius 1 is 1.57 bits per heavy atom. The van der Waals surface area contributed by atoms with Crippen molar-refractivity contribution in [2.45, 2.75) is 6.92 Å². The fourth-order valence-corrected chi connectivity index (χ4v) is 1.12. The van der Waals surface area contributed by atoms with Gasteiger partial charge in [-0.3, -0.25) is 0 Å². The topological polar surface area (TPSA) is 61.1 Å². The molecule has 1 rings (SSSR count). The molecule has 0 atom stereocenters. The van der Waals surface area contributed by atoms with E-state index in [4.69, 9.17) is 10.4 Å². The lowest BCUT2D eigenvalue weighted by molar-refractivity contribution is 0.0697. The molecule has 3 heteroatoms. The number of hydrogen-bond donors (Lipinski definition) is 1.